The molecule has 0 unspecified atom stereocenters. The molecule has 0 saturated carbocycles. The highest BCUT2D eigenvalue weighted by Gasteiger charge is 2.17. The Kier molecular flexibility index (Phi) is 3.00. The first kappa shape index (κ1) is 11.6. The summed E-state index contributed by atoms with van der Waals surface area (Å²) in [5, 5.41) is 14.6. The molecule has 1 aliphatic heterocycles. The molecule has 3 rings (SSSR count). The molecule has 0 radical (unpaired) electrons. The van der Waals surface area contributed by atoms with Crippen LogP contribution in [0.5, 0.6) is 5.75 Å². The Morgan fingerprint density at radius 2 is 2.28 bits per heavy atom. The van der Waals surface area contributed by atoms with Gasteiger partial charge in [-0.15, -0.1) is 0 Å². The average Bonchev–Trinajstić information content (AvgIpc) is 2.94. The normalized spacial score (nSPS) is 19.7. The van der Waals surface area contributed by atoms with Crippen molar-refractivity contribution in [3.05, 3.63) is 29.5 Å². The summed E-state index contributed by atoms with van der Waals surface area (Å²) in [5.74, 6) is 0.395. The van der Waals surface area contributed by atoms with E-state index in [0.29, 0.717) is 11.8 Å². The summed E-state index contributed by atoms with van der Waals surface area (Å²) in [4.78, 5) is 3.36. The molecule has 3 nitrogen and oxygen atoms in total. The molecule has 18 heavy (non-hydrogen) atoms. The third kappa shape index (κ3) is 1.99. The zero-order chi connectivity index (χ0) is 12.5. The number of hydrogen-bond donors (Lipinski definition) is 3. The maximum atomic E-state index is 10.0. The van der Waals surface area contributed by atoms with Crippen LogP contribution in [0.3, 0.4) is 0 Å². The van der Waals surface area contributed by atoms with E-state index in [1.165, 1.54) is 24.1 Å². The van der Waals surface area contributed by atoms with Gasteiger partial charge in [-0.05, 0) is 56.8 Å². The van der Waals surface area contributed by atoms with E-state index in [9.17, 15) is 5.11 Å². The van der Waals surface area contributed by atoms with E-state index >= 15 is 0 Å². The van der Waals surface area contributed by atoms with Crippen LogP contribution < -0.4 is 5.32 Å². The number of benzene rings is 1. The second kappa shape index (κ2) is 4.65. The van der Waals surface area contributed by atoms with Gasteiger partial charge in [-0.1, -0.05) is 6.07 Å². The lowest BCUT2D eigenvalue weighted by Crippen LogP contribution is -2.21. The van der Waals surface area contributed by atoms with E-state index in [2.05, 4.69) is 17.2 Å². The highest BCUT2D eigenvalue weighted by Crippen LogP contribution is 2.31. The van der Waals surface area contributed by atoms with E-state index in [1.54, 1.807) is 6.07 Å². The zero-order valence-electron chi connectivity index (χ0n) is 10.8. The first-order chi connectivity index (χ1) is 8.75. The summed E-state index contributed by atoms with van der Waals surface area (Å²) < 4.78 is 0. The highest BCUT2D eigenvalue weighted by atomic mass is 16.3. The monoisotopic (exact) mass is 244 g/mol. The molecule has 0 spiro atoms. The number of nitrogens with one attached hydrogen (secondary N) is 2. The Labute approximate surface area is 107 Å². The SMILES string of the molecule is Cc1[nH]c2cccc(O)c2c1CC[C@H]1CCCN1. The van der Waals surface area contributed by atoms with Gasteiger partial charge in [0.1, 0.15) is 5.75 Å². The minimum Gasteiger partial charge on any atom is -0.507 e. The summed E-state index contributed by atoms with van der Waals surface area (Å²) in [6, 6.07) is 6.34. The standard InChI is InChI=1S/C15H20N2O/c1-10-12(8-7-11-4-3-9-16-11)15-13(17-10)5-2-6-14(15)18/h2,5-6,11,16-18H,3-4,7-9H2,1H3/t11-/m1/s1. The number of fused-ring (bicyclic) bond motifs is 1. The Morgan fingerprint density at radius 1 is 1.39 bits per heavy atom. The zero-order valence-corrected chi connectivity index (χ0v) is 10.8. The number of aryl methyl sites for hydroxylation is 2. The van der Waals surface area contributed by atoms with Gasteiger partial charge in [0.05, 0.1) is 0 Å². The molecule has 2 heterocycles. The van der Waals surface area contributed by atoms with Crippen LogP contribution in [0.4, 0.5) is 0 Å². The molecular formula is C15H20N2O. The van der Waals surface area contributed by atoms with Crippen molar-refractivity contribution in [1.82, 2.24) is 10.3 Å². The number of aromatic amines is 1. The maximum absolute atomic E-state index is 10.0. The largest absolute Gasteiger partial charge is 0.507 e. The van der Waals surface area contributed by atoms with E-state index in [0.717, 1.165) is 30.3 Å². The van der Waals surface area contributed by atoms with Crippen LogP contribution in [0, 0.1) is 6.92 Å². The first-order valence-corrected chi connectivity index (χ1v) is 6.78. The number of hydrogen-bond acceptors (Lipinski definition) is 2. The molecule has 1 aromatic heterocycles. The molecule has 1 aliphatic rings. The summed E-state index contributed by atoms with van der Waals surface area (Å²) in [7, 11) is 0. The van der Waals surface area contributed by atoms with Gasteiger partial charge in [-0.3, -0.25) is 0 Å². The van der Waals surface area contributed by atoms with Crippen LogP contribution >= 0.6 is 0 Å². The molecule has 0 bridgehead atoms. The van der Waals surface area contributed by atoms with E-state index in [1.807, 2.05) is 12.1 Å². The van der Waals surface area contributed by atoms with Gasteiger partial charge >= 0.3 is 0 Å². The molecule has 96 valence electrons. The molecule has 1 atom stereocenters. The number of phenolic OH excluding ortho intramolecular Hbond substituents is 1. The van der Waals surface area contributed by atoms with Crippen molar-refractivity contribution in [2.45, 2.75) is 38.6 Å². The number of aromatic hydroxyl groups is 1. The van der Waals surface area contributed by atoms with Crippen molar-refractivity contribution in [2.24, 2.45) is 0 Å². The van der Waals surface area contributed by atoms with Crippen molar-refractivity contribution >= 4 is 10.9 Å². The summed E-state index contributed by atoms with van der Waals surface area (Å²) in [6.45, 7) is 3.25. The minimum atomic E-state index is 0.395. The second-order valence-corrected chi connectivity index (χ2v) is 5.26. The van der Waals surface area contributed by atoms with E-state index in [4.69, 9.17) is 0 Å². The number of rotatable bonds is 3. The van der Waals surface area contributed by atoms with Crippen LogP contribution in [0.2, 0.25) is 0 Å². The first-order valence-electron chi connectivity index (χ1n) is 6.78. The van der Waals surface area contributed by atoms with Crippen LogP contribution in [0.15, 0.2) is 18.2 Å². The summed E-state index contributed by atoms with van der Waals surface area (Å²) in [5.41, 5.74) is 3.50. The third-order valence-electron chi connectivity index (χ3n) is 4.02. The average molecular weight is 244 g/mol. The Hall–Kier alpha value is -1.48. The quantitative estimate of drug-likeness (QED) is 0.777. The summed E-state index contributed by atoms with van der Waals surface area (Å²) >= 11 is 0. The molecule has 1 saturated heterocycles. The second-order valence-electron chi connectivity index (χ2n) is 5.26. The van der Waals surface area contributed by atoms with Crippen molar-refractivity contribution in [3.8, 4) is 5.75 Å². The van der Waals surface area contributed by atoms with Gasteiger partial charge in [0.2, 0.25) is 0 Å². The smallest absolute Gasteiger partial charge is 0.125 e. The number of H-pyrrole nitrogens is 1. The van der Waals surface area contributed by atoms with Gasteiger partial charge in [0.15, 0.2) is 0 Å². The molecule has 3 heteroatoms. The molecule has 0 amide bonds. The molecule has 2 aromatic rings. The van der Waals surface area contributed by atoms with Gasteiger partial charge in [0, 0.05) is 22.6 Å². The molecule has 3 N–H and O–H groups in total. The summed E-state index contributed by atoms with van der Waals surface area (Å²) in [6.07, 6.45) is 4.76. The lowest BCUT2D eigenvalue weighted by Gasteiger charge is -2.10. The fraction of sp³-hybridized carbons (Fsp3) is 0.467. The third-order valence-corrected chi connectivity index (χ3v) is 4.02. The molecule has 0 aliphatic carbocycles. The molecule has 1 fully saturated rings. The fourth-order valence-corrected chi connectivity index (χ4v) is 3.06. The molecule has 1 aromatic carbocycles. The fourth-order valence-electron chi connectivity index (χ4n) is 3.06. The minimum absolute atomic E-state index is 0.395. The van der Waals surface area contributed by atoms with Crippen molar-refractivity contribution < 1.29 is 5.11 Å². The maximum Gasteiger partial charge on any atom is 0.125 e. The van der Waals surface area contributed by atoms with Crippen LogP contribution in [0.25, 0.3) is 10.9 Å². The predicted octanol–water partition coefficient (Wildman–Crippen LogP) is 2.87. The predicted molar refractivity (Wildman–Crippen MR) is 74.0 cm³/mol. The van der Waals surface area contributed by atoms with Crippen LogP contribution in [0.1, 0.15) is 30.5 Å². The van der Waals surface area contributed by atoms with Crippen molar-refractivity contribution in [2.75, 3.05) is 6.54 Å². The van der Waals surface area contributed by atoms with Gasteiger partial charge in [-0.2, -0.15) is 0 Å². The van der Waals surface area contributed by atoms with Crippen LogP contribution in [-0.4, -0.2) is 22.7 Å². The van der Waals surface area contributed by atoms with Crippen molar-refractivity contribution in [3.63, 3.8) is 0 Å². The van der Waals surface area contributed by atoms with Gasteiger partial charge < -0.3 is 15.4 Å². The van der Waals surface area contributed by atoms with Gasteiger partial charge in [-0.25, -0.2) is 0 Å². The Morgan fingerprint density at radius 3 is 3.06 bits per heavy atom. The lowest BCUT2D eigenvalue weighted by molar-refractivity contribution is 0.481. The number of phenols is 1. The molecular weight excluding hydrogens is 224 g/mol. The Bertz CT molecular complexity index is 553. The van der Waals surface area contributed by atoms with Crippen molar-refractivity contribution in [1.29, 1.82) is 0 Å². The van der Waals surface area contributed by atoms with E-state index in [-0.39, 0.29) is 0 Å². The number of aromatic nitrogens is 1. The van der Waals surface area contributed by atoms with Gasteiger partial charge in [0.25, 0.3) is 0 Å². The lowest BCUT2D eigenvalue weighted by atomic mass is 10.0. The Balaban J connectivity index is 1.88. The van der Waals surface area contributed by atoms with E-state index < -0.39 is 0 Å². The van der Waals surface area contributed by atoms with Crippen LogP contribution in [-0.2, 0) is 6.42 Å². The topological polar surface area (TPSA) is 48.0 Å². The highest BCUT2D eigenvalue weighted by molar-refractivity contribution is 5.90.